The van der Waals surface area contributed by atoms with Crippen molar-refractivity contribution in [3.63, 3.8) is 0 Å². The van der Waals surface area contributed by atoms with Crippen molar-refractivity contribution in [2.24, 2.45) is 5.92 Å². The lowest BCUT2D eigenvalue weighted by atomic mass is 9.86. The molecule has 24 heavy (non-hydrogen) atoms. The molecule has 6 heteroatoms. The van der Waals surface area contributed by atoms with Gasteiger partial charge in [-0.3, -0.25) is 9.69 Å². The molecule has 2 unspecified atom stereocenters. The van der Waals surface area contributed by atoms with Gasteiger partial charge in [-0.15, -0.1) is 0 Å². The van der Waals surface area contributed by atoms with E-state index in [4.69, 9.17) is 0 Å². The van der Waals surface area contributed by atoms with Crippen LogP contribution in [0.5, 0.6) is 0 Å². The van der Waals surface area contributed by atoms with Crippen molar-refractivity contribution in [1.82, 2.24) is 10.2 Å². The second-order valence-electron chi connectivity index (χ2n) is 6.61. The second kappa shape index (κ2) is 9.08. The summed E-state index contributed by atoms with van der Waals surface area (Å²) in [4.78, 5) is 13.8. The molecule has 1 aromatic rings. The van der Waals surface area contributed by atoms with Gasteiger partial charge in [-0.2, -0.15) is 0 Å². The first-order chi connectivity index (χ1) is 11.5. The van der Waals surface area contributed by atoms with Gasteiger partial charge in [0.05, 0.1) is 12.6 Å². The van der Waals surface area contributed by atoms with Crippen LogP contribution >= 0.6 is 0 Å². The smallest absolute Gasteiger partial charge is 0.234 e. The number of aliphatic hydroxyl groups excluding tert-OH is 1. The lowest BCUT2D eigenvalue weighted by Gasteiger charge is -2.30. The van der Waals surface area contributed by atoms with Crippen molar-refractivity contribution >= 4 is 5.91 Å². The van der Waals surface area contributed by atoms with Crippen LogP contribution in [0.1, 0.15) is 31.2 Å². The molecule has 0 bridgehead atoms. The Kier molecular flexibility index (Phi) is 7.12. The summed E-state index contributed by atoms with van der Waals surface area (Å²) in [5.41, 5.74) is -0.00326. The standard InChI is InChI=1S/C18H26F2N2O2/c1-22(11-13-5-2-3-8-17(13)23)12-18(24)21-10-9-14-15(19)6-4-7-16(14)20/h4,6-7,13,17,23H,2-3,5,8-12H2,1H3,(H,21,24). The Balaban J connectivity index is 1.71. The quantitative estimate of drug-likeness (QED) is 0.799. The van der Waals surface area contributed by atoms with Gasteiger partial charge in [0.25, 0.3) is 0 Å². The number of hydrogen-bond acceptors (Lipinski definition) is 3. The van der Waals surface area contributed by atoms with Crippen molar-refractivity contribution < 1.29 is 18.7 Å². The summed E-state index contributed by atoms with van der Waals surface area (Å²) in [6.45, 7) is 1.08. The van der Waals surface area contributed by atoms with Gasteiger partial charge in [0, 0.05) is 18.7 Å². The Labute approximate surface area is 141 Å². The SMILES string of the molecule is CN(CC(=O)NCCc1c(F)cccc1F)CC1CCCCC1O. The van der Waals surface area contributed by atoms with Gasteiger partial charge in [0.1, 0.15) is 11.6 Å². The minimum absolute atomic E-state index is 0.00326. The van der Waals surface area contributed by atoms with Gasteiger partial charge in [-0.05, 0) is 44.4 Å². The maximum Gasteiger partial charge on any atom is 0.234 e. The van der Waals surface area contributed by atoms with Crippen molar-refractivity contribution in [2.75, 3.05) is 26.7 Å². The number of carbonyl (C=O) groups excluding carboxylic acids is 1. The van der Waals surface area contributed by atoms with Gasteiger partial charge < -0.3 is 10.4 Å². The predicted molar refractivity (Wildman–Crippen MR) is 88.5 cm³/mol. The third kappa shape index (κ3) is 5.53. The highest BCUT2D eigenvalue weighted by Crippen LogP contribution is 2.24. The molecule has 2 N–H and O–H groups in total. The summed E-state index contributed by atoms with van der Waals surface area (Å²) in [7, 11) is 1.84. The lowest BCUT2D eigenvalue weighted by molar-refractivity contribution is -0.122. The summed E-state index contributed by atoms with van der Waals surface area (Å²) < 4.78 is 27.0. The van der Waals surface area contributed by atoms with Gasteiger partial charge in [0.15, 0.2) is 0 Å². The summed E-state index contributed by atoms with van der Waals surface area (Å²) in [6, 6.07) is 3.74. The molecule has 2 atom stereocenters. The molecule has 0 saturated heterocycles. The molecule has 134 valence electrons. The van der Waals surface area contributed by atoms with E-state index in [1.54, 1.807) is 0 Å². The second-order valence-corrected chi connectivity index (χ2v) is 6.61. The monoisotopic (exact) mass is 340 g/mol. The number of halogens is 2. The maximum atomic E-state index is 13.5. The molecule has 1 amide bonds. The molecule has 1 fully saturated rings. The molecule has 0 aliphatic heterocycles. The number of amides is 1. The van der Waals surface area contributed by atoms with E-state index in [0.29, 0.717) is 6.54 Å². The van der Waals surface area contributed by atoms with Gasteiger partial charge >= 0.3 is 0 Å². The zero-order valence-electron chi connectivity index (χ0n) is 14.1. The third-order valence-corrected chi connectivity index (χ3v) is 4.59. The fourth-order valence-electron chi connectivity index (χ4n) is 3.27. The first-order valence-corrected chi connectivity index (χ1v) is 8.53. The van der Waals surface area contributed by atoms with E-state index in [1.165, 1.54) is 18.2 Å². The number of nitrogens with zero attached hydrogens (tertiary/aromatic N) is 1. The predicted octanol–water partition coefficient (Wildman–Crippen LogP) is 2.11. The number of carbonyl (C=O) groups is 1. The molecule has 0 radical (unpaired) electrons. The Bertz CT molecular complexity index is 534. The van der Waals surface area contributed by atoms with Crippen LogP contribution in [0, 0.1) is 17.6 Å². The average molecular weight is 340 g/mol. The molecule has 0 heterocycles. The Morgan fingerprint density at radius 2 is 1.96 bits per heavy atom. The van der Waals surface area contributed by atoms with Crippen molar-refractivity contribution in [3.8, 4) is 0 Å². The van der Waals surface area contributed by atoms with Crippen LogP contribution in [0.15, 0.2) is 18.2 Å². The summed E-state index contributed by atoms with van der Waals surface area (Å²) >= 11 is 0. The molecule has 1 saturated carbocycles. The fourth-order valence-corrected chi connectivity index (χ4v) is 3.27. The van der Waals surface area contributed by atoms with E-state index in [1.807, 2.05) is 11.9 Å². The van der Waals surface area contributed by atoms with Crippen molar-refractivity contribution in [2.45, 2.75) is 38.2 Å². The van der Waals surface area contributed by atoms with E-state index < -0.39 is 11.6 Å². The van der Waals surface area contributed by atoms with Crippen LogP contribution in [-0.4, -0.2) is 48.7 Å². The summed E-state index contributed by atoms with van der Waals surface area (Å²) in [5.74, 6) is -1.15. The van der Waals surface area contributed by atoms with Crippen LogP contribution in [-0.2, 0) is 11.2 Å². The molecule has 4 nitrogen and oxygen atoms in total. The Hall–Kier alpha value is -1.53. The van der Waals surface area contributed by atoms with Crippen LogP contribution in [0.4, 0.5) is 8.78 Å². The number of rotatable bonds is 7. The number of nitrogens with one attached hydrogen (secondary N) is 1. The molecule has 2 rings (SSSR count). The van der Waals surface area contributed by atoms with Crippen LogP contribution < -0.4 is 5.32 Å². The zero-order chi connectivity index (χ0) is 17.5. The van der Waals surface area contributed by atoms with Crippen LogP contribution in [0.25, 0.3) is 0 Å². The van der Waals surface area contributed by atoms with E-state index >= 15 is 0 Å². The van der Waals surface area contributed by atoms with Crippen molar-refractivity contribution in [1.29, 1.82) is 0 Å². The Morgan fingerprint density at radius 3 is 2.62 bits per heavy atom. The van der Waals surface area contributed by atoms with Crippen LogP contribution in [0.2, 0.25) is 0 Å². The molecular weight excluding hydrogens is 314 g/mol. The highest BCUT2D eigenvalue weighted by atomic mass is 19.1. The highest BCUT2D eigenvalue weighted by molar-refractivity contribution is 5.77. The van der Waals surface area contributed by atoms with E-state index in [0.717, 1.165) is 25.7 Å². The third-order valence-electron chi connectivity index (χ3n) is 4.59. The summed E-state index contributed by atoms with van der Waals surface area (Å²) in [6.07, 6.45) is 3.84. The molecule has 1 aliphatic carbocycles. The van der Waals surface area contributed by atoms with E-state index in [9.17, 15) is 18.7 Å². The Morgan fingerprint density at radius 1 is 1.29 bits per heavy atom. The maximum absolute atomic E-state index is 13.5. The molecule has 0 aromatic heterocycles. The lowest BCUT2D eigenvalue weighted by Crippen LogP contribution is -2.41. The molecule has 1 aliphatic rings. The van der Waals surface area contributed by atoms with E-state index in [-0.39, 0.29) is 43.0 Å². The number of benzene rings is 1. The minimum Gasteiger partial charge on any atom is -0.393 e. The van der Waals surface area contributed by atoms with Gasteiger partial charge in [0.2, 0.25) is 5.91 Å². The fraction of sp³-hybridized carbons (Fsp3) is 0.611. The zero-order valence-corrected chi connectivity index (χ0v) is 14.1. The van der Waals surface area contributed by atoms with Crippen LogP contribution in [0.3, 0.4) is 0 Å². The molecule has 1 aromatic carbocycles. The molecular formula is C18H26F2N2O2. The highest BCUT2D eigenvalue weighted by Gasteiger charge is 2.24. The molecule has 0 spiro atoms. The topological polar surface area (TPSA) is 52.6 Å². The number of hydrogen-bond donors (Lipinski definition) is 2. The largest absolute Gasteiger partial charge is 0.393 e. The average Bonchev–Trinajstić information content (AvgIpc) is 2.52. The minimum atomic E-state index is -0.590. The first kappa shape index (κ1) is 18.8. The van der Waals surface area contributed by atoms with Crippen molar-refractivity contribution in [3.05, 3.63) is 35.4 Å². The van der Waals surface area contributed by atoms with E-state index in [2.05, 4.69) is 5.32 Å². The first-order valence-electron chi connectivity index (χ1n) is 8.53. The number of aliphatic hydroxyl groups is 1. The number of likely N-dealkylation sites (N-methyl/N-ethyl adjacent to an activating group) is 1. The van der Waals surface area contributed by atoms with Gasteiger partial charge in [-0.25, -0.2) is 8.78 Å². The summed E-state index contributed by atoms with van der Waals surface area (Å²) in [5, 5.41) is 12.7. The van der Waals surface area contributed by atoms with Gasteiger partial charge in [-0.1, -0.05) is 18.9 Å². The normalized spacial score (nSPS) is 21.0.